The average molecular weight is 179 g/mol. The summed E-state index contributed by atoms with van der Waals surface area (Å²) in [6, 6.07) is 0. The summed E-state index contributed by atoms with van der Waals surface area (Å²) >= 11 is 0. The molecule has 1 unspecified atom stereocenters. The molecule has 1 aliphatic heterocycles. The van der Waals surface area contributed by atoms with Crippen LogP contribution in [0.2, 0.25) is 0 Å². The van der Waals surface area contributed by atoms with Crippen LogP contribution in [0.15, 0.2) is 0 Å². The van der Waals surface area contributed by atoms with Crippen LogP contribution < -0.4 is 5.32 Å². The Hall–Kier alpha value is -0.380. The highest BCUT2D eigenvalue weighted by Gasteiger charge is 2.36. The number of amides is 1. The first-order valence-electron chi connectivity index (χ1n) is 3.35. The quantitative estimate of drug-likeness (QED) is 0.471. The molecule has 0 aromatic rings. The topological polar surface area (TPSA) is 86.6 Å². The van der Waals surface area contributed by atoms with E-state index >= 15 is 0 Å². The van der Waals surface area contributed by atoms with E-state index in [4.69, 9.17) is 9.79 Å². The second-order valence-corrected chi connectivity index (χ2v) is 4.34. The van der Waals surface area contributed by atoms with Gasteiger partial charge in [-0.3, -0.25) is 9.36 Å². The Morgan fingerprint density at radius 2 is 2.18 bits per heavy atom. The van der Waals surface area contributed by atoms with Gasteiger partial charge in [-0.05, 0) is 12.8 Å². The van der Waals surface area contributed by atoms with Crippen molar-refractivity contribution in [3.63, 3.8) is 0 Å². The molecule has 0 aliphatic carbocycles. The highest BCUT2D eigenvalue weighted by molar-refractivity contribution is 7.53. The molecule has 1 saturated heterocycles. The van der Waals surface area contributed by atoms with E-state index < -0.39 is 19.2 Å². The van der Waals surface area contributed by atoms with Crippen LogP contribution >= 0.6 is 7.60 Å². The Labute approximate surface area is 64.0 Å². The van der Waals surface area contributed by atoms with Gasteiger partial charge in [0, 0.05) is 6.54 Å². The van der Waals surface area contributed by atoms with Gasteiger partial charge in [-0.2, -0.15) is 0 Å². The van der Waals surface area contributed by atoms with Crippen molar-refractivity contribution in [3.05, 3.63) is 0 Å². The number of rotatable bonds is 1. The van der Waals surface area contributed by atoms with Gasteiger partial charge in [-0.15, -0.1) is 0 Å². The number of carbonyl (C=O) groups is 1. The lowest BCUT2D eigenvalue weighted by atomic mass is 10.1. The maximum atomic E-state index is 10.8. The molecule has 0 aromatic carbocycles. The zero-order valence-electron chi connectivity index (χ0n) is 5.86. The fourth-order valence-electron chi connectivity index (χ4n) is 1.08. The summed E-state index contributed by atoms with van der Waals surface area (Å²) in [5.41, 5.74) is -1.11. The molecule has 0 saturated carbocycles. The third kappa shape index (κ3) is 2.02. The van der Waals surface area contributed by atoms with Crippen molar-refractivity contribution in [2.24, 2.45) is 0 Å². The van der Waals surface area contributed by atoms with E-state index in [0.717, 1.165) is 0 Å². The molecule has 1 heterocycles. The normalized spacial score (nSPS) is 26.4. The molecule has 1 aliphatic rings. The molecule has 5 nitrogen and oxygen atoms in total. The molecule has 1 rings (SSSR count). The molecule has 0 radical (unpaired) electrons. The molecule has 0 aromatic heterocycles. The summed E-state index contributed by atoms with van der Waals surface area (Å²) in [6.45, 7) is 0.523. The predicted molar refractivity (Wildman–Crippen MR) is 38.1 cm³/mol. The van der Waals surface area contributed by atoms with Gasteiger partial charge < -0.3 is 15.1 Å². The third-order valence-corrected chi connectivity index (χ3v) is 2.97. The smallest absolute Gasteiger partial charge is 0.337 e. The second-order valence-electron chi connectivity index (χ2n) is 2.54. The van der Waals surface area contributed by atoms with E-state index in [1.807, 2.05) is 0 Å². The zero-order chi connectivity index (χ0) is 8.48. The lowest BCUT2D eigenvalue weighted by molar-refractivity contribution is -0.122. The standard InChI is InChI=1S/C5H10NO4P/c7-5-4(11(8,9)10)2-1-3-6-5/h4H,1-3H2,(H,6,7)(H2,8,9,10). The van der Waals surface area contributed by atoms with Gasteiger partial charge in [0.05, 0.1) is 0 Å². The molecule has 6 heteroatoms. The highest BCUT2D eigenvalue weighted by atomic mass is 31.2. The van der Waals surface area contributed by atoms with E-state index in [0.29, 0.717) is 13.0 Å². The maximum Gasteiger partial charge on any atom is 0.337 e. The van der Waals surface area contributed by atoms with Crippen molar-refractivity contribution in [2.75, 3.05) is 6.54 Å². The van der Waals surface area contributed by atoms with E-state index in [9.17, 15) is 9.36 Å². The molecular formula is C5H10NO4P. The van der Waals surface area contributed by atoms with Crippen LogP contribution in [-0.2, 0) is 9.36 Å². The summed E-state index contributed by atoms with van der Waals surface area (Å²) in [5.74, 6) is -0.524. The van der Waals surface area contributed by atoms with Crippen LogP contribution in [0.25, 0.3) is 0 Å². The zero-order valence-corrected chi connectivity index (χ0v) is 6.75. The first kappa shape index (κ1) is 8.71. The lowest BCUT2D eigenvalue weighted by Crippen LogP contribution is -2.39. The molecule has 64 valence electrons. The number of piperidine rings is 1. The fraction of sp³-hybridized carbons (Fsp3) is 0.800. The molecular weight excluding hydrogens is 169 g/mol. The Bertz CT molecular complexity index is 211. The molecule has 1 fully saturated rings. The SMILES string of the molecule is O=C1NCCCC1P(=O)(O)O. The van der Waals surface area contributed by atoms with Crippen molar-refractivity contribution in [1.29, 1.82) is 0 Å². The summed E-state index contributed by atoms with van der Waals surface area (Å²) < 4.78 is 10.6. The minimum absolute atomic E-state index is 0.288. The Balaban J connectivity index is 2.70. The van der Waals surface area contributed by atoms with Crippen LogP contribution in [0.3, 0.4) is 0 Å². The average Bonchev–Trinajstić information content (AvgIpc) is 1.86. The van der Waals surface area contributed by atoms with Crippen LogP contribution in [0.4, 0.5) is 0 Å². The van der Waals surface area contributed by atoms with E-state index in [1.165, 1.54) is 0 Å². The molecule has 11 heavy (non-hydrogen) atoms. The monoisotopic (exact) mass is 179 g/mol. The molecule has 0 spiro atoms. The lowest BCUT2D eigenvalue weighted by Gasteiger charge is -2.21. The predicted octanol–water partition coefficient (Wildman–Crippen LogP) is -0.557. The number of hydrogen-bond acceptors (Lipinski definition) is 2. The van der Waals surface area contributed by atoms with Crippen molar-refractivity contribution in [3.8, 4) is 0 Å². The van der Waals surface area contributed by atoms with Gasteiger partial charge >= 0.3 is 7.60 Å². The van der Waals surface area contributed by atoms with Crippen molar-refractivity contribution in [1.82, 2.24) is 5.32 Å². The van der Waals surface area contributed by atoms with Crippen molar-refractivity contribution >= 4 is 13.5 Å². The second kappa shape index (κ2) is 2.93. The molecule has 1 amide bonds. The third-order valence-electron chi connectivity index (χ3n) is 1.66. The van der Waals surface area contributed by atoms with Gasteiger partial charge in [0.15, 0.2) is 0 Å². The number of hydrogen-bond donors (Lipinski definition) is 3. The Kier molecular flexibility index (Phi) is 2.32. The number of nitrogens with one attached hydrogen (secondary N) is 1. The van der Waals surface area contributed by atoms with Gasteiger partial charge in [0.2, 0.25) is 5.91 Å². The largest absolute Gasteiger partial charge is 0.355 e. The van der Waals surface area contributed by atoms with E-state index in [1.54, 1.807) is 0 Å². The molecule has 0 bridgehead atoms. The van der Waals surface area contributed by atoms with Crippen LogP contribution in [0, 0.1) is 0 Å². The summed E-state index contributed by atoms with van der Waals surface area (Å²) in [6.07, 6.45) is 0.928. The summed E-state index contributed by atoms with van der Waals surface area (Å²) in [4.78, 5) is 28.2. The van der Waals surface area contributed by atoms with Crippen LogP contribution in [-0.4, -0.2) is 27.9 Å². The van der Waals surface area contributed by atoms with Crippen molar-refractivity contribution < 1.29 is 19.1 Å². The van der Waals surface area contributed by atoms with Gasteiger partial charge in [0.25, 0.3) is 0 Å². The molecule has 3 N–H and O–H groups in total. The highest BCUT2D eigenvalue weighted by Crippen LogP contribution is 2.44. The minimum Gasteiger partial charge on any atom is -0.355 e. The Morgan fingerprint density at radius 3 is 2.55 bits per heavy atom. The summed E-state index contributed by atoms with van der Waals surface area (Å²) in [7, 11) is -4.21. The van der Waals surface area contributed by atoms with Gasteiger partial charge in [-0.25, -0.2) is 0 Å². The van der Waals surface area contributed by atoms with Gasteiger partial charge in [0.1, 0.15) is 5.66 Å². The molecule has 1 atom stereocenters. The van der Waals surface area contributed by atoms with E-state index in [-0.39, 0.29) is 6.42 Å². The van der Waals surface area contributed by atoms with E-state index in [2.05, 4.69) is 5.32 Å². The fourth-order valence-corrected chi connectivity index (χ4v) is 1.99. The van der Waals surface area contributed by atoms with Crippen molar-refractivity contribution in [2.45, 2.75) is 18.5 Å². The first-order valence-corrected chi connectivity index (χ1v) is 5.03. The minimum atomic E-state index is -4.21. The van der Waals surface area contributed by atoms with Crippen LogP contribution in [0.1, 0.15) is 12.8 Å². The maximum absolute atomic E-state index is 10.8. The number of carbonyl (C=O) groups excluding carboxylic acids is 1. The van der Waals surface area contributed by atoms with Crippen LogP contribution in [0.5, 0.6) is 0 Å². The van der Waals surface area contributed by atoms with Gasteiger partial charge in [-0.1, -0.05) is 0 Å². The summed E-state index contributed by atoms with van der Waals surface area (Å²) in [5, 5.41) is 2.41. The Morgan fingerprint density at radius 1 is 1.55 bits per heavy atom. The first-order chi connectivity index (χ1) is 5.02.